The Morgan fingerprint density at radius 3 is 2.62 bits per heavy atom. The van der Waals surface area contributed by atoms with Crippen molar-refractivity contribution in [2.75, 3.05) is 6.61 Å². The van der Waals surface area contributed by atoms with E-state index in [9.17, 15) is 5.11 Å². The van der Waals surface area contributed by atoms with Crippen molar-refractivity contribution in [1.82, 2.24) is 0 Å². The SMILES string of the molecule is CCC(O)CCCOc1ccc(C)c(C)c1. The van der Waals surface area contributed by atoms with Crippen LogP contribution in [-0.4, -0.2) is 17.8 Å². The van der Waals surface area contributed by atoms with Crippen molar-refractivity contribution in [3.8, 4) is 5.75 Å². The lowest BCUT2D eigenvalue weighted by molar-refractivity contribution is 0.149. The van der Waals surface area contributed by atoms with Gasteiger partial charge in [-0.2, -0.15) is 0 Å². The summed E-state index contributed by atoms with van der Waals surface area (Å²) in [5, 5.41) is 9.38. The van der Waals surface area contributed by atoms with Crippen molar-refractivity contribution in [3.05, 3.63) is 29.3 Å². The fourth-order valence-corrected chi connectivity index (χ4v) is 1.52. The molecular formula is C14H22O2. The van der Waals surface area contributed by atoms with E-state index in [1.807, 2.05) is 13.0 Å². The van der Waals surface area contributed by atoms with Gasteiger partial charge in [-0.1, -0.05) is 13.0 Å². The van der Waals surface area contributed by atoms with E-state index >= 15 is 0 Å². The van der Waals surface area contributed by atoms with Gasteiger partial charge in [0.15, 0.2) is 0 Å². The highest BCUT2D eigenvalue weighted by Crippen LogP contribution is 2.16. The Morgan fingerprint density at radius 2 is 2.00 bits per heavy atom. The molecule has 1 aromatic carbocycles. The van der Waals surface area contributed by atoms with Crippen molar-refractivity contribution >= 4 is 0 Å². The lowest BCUT2D eigenvalue weighted by atomic mass is 10.1. The third-order valence-corrected chi connectivity index (χ3v) is 2.90. The summed E-state index contributed by atoms with van der Waals surface area (Å²) in [4.78, 5) is 0. The summed E-state index contributed by atoms with van der Waals surface area (Å²) in [6, 6.07) is 6.13. The summed E-state index contributed by atoms with van der Waals surface area (Å²) in [7, 11) is 0. The number of benzene rings is 1. The van der Waals surface area contributed by atoms with Crippen LogP contribution >= 0.6 is 0 Å². The molecule has 0 spiro atoms. The second kappa shape index (κ2) is 6.54. The normalized spacial score (nSPS) is 12.5. The van der Waals surface area contributed by atoms with Gasteiger partial charge in [0.05, 0.1) is 12.7 Å². The Kier molecular flexibility index (Phi) is 5.33. The molecule has 1 N–H and O–H groups in total. The first-order valence-corrected chi connectivity index (χ1v) is 6.01. The number of rotatable bonds is 6. The maximum absolute atomic E-state index is 9.38. The summed E-state index contributed by atoms with van der Waals surface area (Å²) < 4.78 is 5.63. The number of hydrogen-bond acceptors (Lipinski definition) is 2. The van der Waals surface area contributed by atoms with Crippen LogP contribution < -0.4 is 4.74 Å². The number of aliphatic hydroxyl groups is 1. The molecule has 0 heterocycles. The van der Waals surface area contributed by atoms with Crippen LogP contribution in [0.3, 0.4) is 0 Å². The maximum Gasteiger partial charge on any atom is 0.119 e. The first-order chi connectivity index (χ1) is 7.63. The Bertz CT molecular complexity index is 321. The highest BCUT2D eigenvalue weighted by Gasteiger charge is 2.01. The van der Waals surface area contributed by atoms with E-state index in [-0.39, 0.29) is 6.10 Å². The van der Waals surface area contributed by atoms with Crippen LogP contribution in [0.4, 0.5) is 0 Å². The minimum atomic E-state index is -0.177. The van der Waals surface area contributed by atoms with Gasteiger partial charge in [-0.05, 0) is 56.4 Å². The molecular weight excluding hydrogens is 200 g/mol. The summed E-state index contributed by atoms with van der Waals surface area (Å²) in [5.41, 5.74) is 2.54. The minimum Gasteiger partial charge on any atom is -0.494 e. The molecule has 0 amide bonds. The highest BCUT2D eigenvalue weighted by molar-refractivity contribution is 5.33. The molecule has 0 aliphatic carbocycles. The Labute approximate surface area is 98.3 Å². The molecule has 1 aromatic rings. The topological polar surface area (TPSA) is 29.5 Å². The fraction of sp³-hybridized carbons (Fsp3) is 0.571. The predicted octanol–water partition coefficient (Wildman–Crippen LogP) is 3.23. The van der Waals surface area contributed by atoms with Gasteiger partial charge in [-0.3, -0.25) is 0 Å². The largest absolute Gasteiger partial charge is 0.494 e. The third kappa shape index (κ3) is 4.23. The van der Waals surface area contributed by atoms with Crippen molar-refractivity contribution in [1.29, 1.82) is 0 Å². The van der Waals surface area contributed by atoms with Crippen LogP contribution in [0.1, 0.15) is 37.3 Å². The van der Waals surface area contributed by atoms with Gasteiger partial charge in [0, 0.05) is 0 Å². The van der Waals surface area contributed by atoms with E-state index in [1.165, 1.54) is 11.1 Å². The zero-order valence-corrected chi connectivity index (χ0v) is 10.5. The molecule has 0 fully saturated rings. The average molecular weight is 222 g/mol. The molecule has 0 aliphatic heterocycles. The first-order valence-electron chi connectivity index (χ1n) is 6.01. The van der Waals surface area contributed by atoms with E-state index in [1.54, 1.807) is 0 Å². The number of hydrogen-bond donors (Lipinski definition) is 1. The van der Waals surface area contributed by atoms with E-state index in [4.69, 9.17) is 4.74 Å². The first kappa shape index (κ1) is 13.0. The number of ether oxygens (including phenoxy) is 1. The summed E-state index contributed by atoms with van der Waals surface area (Å²) in [6.07, 6.45) is 2.37. The maximum atomic E-state index is 9.38. The molecule has 0 saturated heterocycles. The van der Waals surface area contributed by atoms with Gasteiger partial charge in [-0.15, -0.1) is 0 Å². The molecule has 1 rings (SSSR count). The molecule has 0 aromatic heterocycles. The van der Waals surface area contributed by atoms with Crippen LogP contribution in [-0.2, 0) is 0 Å². The highest BCUT2D eigenvalue weighted by atomic mass is 16.5. The van der Waals surface area contributed by atoms with Gasteiger partial charge < -0.3 is 9.84 Å². The van der Waals surface area contributed by atoms with Gasteiger partial charge >= 0.3 is 0 Å². The lowest BCUT2D eigenvalue weighted by Gasteiger charge is -2.10. The summed E-state index contributed by atoms with van der Waals surface area (Å²) in [6.45, 7) is 6.86. The standard InChI is InChI=1S/C14H22O2/c1-4-13(15)6-5-9-16-14-8-7-11(2)12(3)10-14/h7-8,10,13,15H,4-6,9H2,1-3H3. The molecule has 0 saturated carbocycles. The van der Waals surface area contributed by atoms with Crippen molar-refractivity contribution in [2.45, 2.75) is 46.1 Å². The molecule has 0 radical (unpaired) electrons. The molecule has 0 aliphatic rings. The van der Waals surface area contributed by atoms with E-state index in [0.29, 0.717) is 6.61 Å². The third-order valence-electron chi connectivity index (χ3n) is 2.90. The van der Waals surface area contributed by atoms with Crippen LogP contribution in [0.25, 0.3) is 0 Å². The van der Waals surface area contributed by atoms with E-state index < -0.39 is 0 Å². The average Bonchev–Trinajstić information content (AvgIpc) is 2.28. The van der Waals surface area contributed by atoms with Crippen LogP contribution in [0.2, 0.25) is 0 Å². The second-order valence-corrected chi connectivity index (χ2v) is 4.30. The molecule has 90 valence electrons. The fourth-order valence-electron chi connectivity index (χ4n) is 1.52. The molecule has 1 unspecified atom stereocenters. The van der Waals surface area contributed by atoms with Gasteiger partial charge in [-0.25, -0.2) is 0 Å². The van der Waals surface area contributed by atoms with Crippen LogP contribution in [0, 0.1) is 13.8 Å². The summed E-state index contributed by atoms with van der Waals surface area (Å²) >= 11 is 0. The smallest absolute Gasteiger partial charge is 0.119 e. The number of aryl methyl sites for hydroxylation is 2. The van der Waals surface area contributed by atoms with E-state index in [2.05, 4.69) is 26.0 Å². The zero-order chi connectivity index (χ0) is 12.0. The quantitative estimate of drug-likeness (QED) is 0.749. The van der Waals surface area contributed by atoms with Gasteiger partial charge in [0.2, 0.25) is 0 Å². The molecule has 2 heteroatoms. The van der Waals surface area contributed by atoms with Gasteiger partial charge in [0.1, 0.15) is 5.75 Å². The van der Waals surface area contributed by atoms with Gasteiger partial charge in [0.25, 0.3) is 0 Å². The Balaban J connectivity index is 2.29. The molecule has 2 nitrogen and oxygen atoms in total. The zero-order valence-electron chi connectivity index (χ0n) is 10.5. The Hall–Kier alpha value is -1.02. The molecule has 0 bridgehead atoms. The van der Waals surface area contributed by atoms with Crippen LogP contribution in [0.15, 0.2) is 18.2 Å². The predicted molar refractivity (Wildman–Crippen MR) is 66.9 cm³/mol. The molecule has 1 atom stereocenters. The summed E-state index contributed by atoms with van der Waals surface area (Å²) in [5.74, 6) is 0.925. The Morgan fingerprint density at radius 1 is 1.25 bits per heavy atom. The van der Waals surface area contributed by atoms with Crippen molar-refractivity contribution < 1.29 is 9.84 Å². The minimum absolute atomic E-state index is 0.177. The van der Waals surface area contributed by atoms with Crippen LogP contribution in [0.5, 0.6) is 5.75 Å². The van der Waals surface area contributed by atoms with Crippen molar-refractivity contribution in [3.63, 3.8) is 0 Å². The molecule has 16 heavy (non-hydrogen) atoms. The second-order valence-electron chi connectivity index (χ2n) is 4.30. The van der Waals surface area contributed by atoms with E-state index in [0.717, 1.165) is 25.0 Å². The lowest BCUT2D eigenvalue weighted by Crippen LogP contribution is -2.07. The monoisotopic (exact) mass is 222 g/mol. The number of aliphatic hydroxyl groups excluding tert-OH is 1. The van der Waals surface area contributed by atoms with Crippen molar-refractivity contribution in [2.24, 2.45) is 0 Å².